The Kier molecular flexibility index (Phi) is 7.68. The lowest BCUT2D eigenvalue weighted by atomic mass is 9.98. The molecule has 0 atom stereocenters. The molecule has 0 saturated heterocycles. The minimum absolute atomic E-state index is 0.690. The number of hydrogen-bond donors (Lipinski definition) is 0. The third-order valence-corrected chi connectivity index (χ3v) is 12.6. The highest BCUT2D eigenvalue weighted by Crippen LogP contribution is 2.44. The smallest absolute Gasteiger partial charge is 0.161 e. The van der Waals surface area contributed by atoms with Crippen LogP contribution >= 0.6 is 11.3 Å². The Balaban J connectivity index is 0.966. The van der Waals surface area contributed by atoms with Crippen molar-refractivity contribution < 1.29 is 4.42 Å². The minimum Gasteiger partial charge on any atom is -0.456 e. The van der Waals surface area contributed by atoms with Gasteiger partial charge in [-0.05, 0) is 81.9 Å². The van der Waals surface area contributed by atoms with E-state index < -0.39 is 0 Å². The van der Waals surface area contributed by atoms with E-state index in [1.54, 1.807) is 11.3 Å². The molecule has 12 aromatic rings. The summed E-state index contributed by atoms with van der Waals surface area (Å²) in [6, 6.07) is 70.8. The van der Waals surface area contributed by atoms with Gasteiger partial charge in [0, 0.05) is 48.7 Å². The van der Waals surface area contributed by atoms with Crippen LogP contribution in [-0.2, 0) is 0 Å². The Morgan fingerprint density at radius 1 is 0.441 bits per heavy atom. The largest absolute Gasteiger partial charge is 0.456 e. The van der Waals surface area contributed by atoms with Crippen molar-refractivity contribution in [2.75, 3.05) is 4.90 Å². The summed E-state index contributed by atoms with van der Waals surface area (Å²) in [5, 5.41) is 8.11. The maximum Gasteiger partial charge on any atom is 0.161 e. The van der Waals surface area contributed by atoms with E-state index in [9.17, 15) is 0 Å². The Bertz CT molecular complexity index is 3560. The third kappa shape index (κ3) is 5.51. The first-order valence-electron chi connectivity index (χ1n) is 19.8. The van der Waals surface area contributed by atoms with Crippen molar-refractivity contribution in [3.05, 3.63) is 200 Å². The molecule has 276 valence electrons. The molecule has 3 heterocycles. The van der Waals surface area contributed by atoms with Crippen molar-refractivity contribution in [2.24, 2.45) is 0 Å². The molecule has 0 radical (unpaired) electrons. The molecule has 0 aliphatic heterocycles. The molecule has 9 aromatic carbocycles. The topological polar surface area (TPSA) is 42.2 Å². The normalized spacial score (nSPS) is 11.7. The summed E-state index contributed by atoms with van der Waals surface area (Å²) < 4.78 is 8.92. The van der Waals surface area contributed by atoms with Gasteiger partial charge in [0.2, 0.25) is 0 Å². The zero-order chi connectivity index (χ0) is 38.9. The molecule has 0 amide bonds. The van der Waals surface area contributed by atoms with Gasteiger partial charge < -0.3 is 9.32 Å². The molecule has 0 aliphatic carbocycles. The number of furan rings is 1. The van der Waals surface area contributed by atoms with Gasteiger partial charge in [-0.15, -0.1) is 11.3 Å². The highest BCUT2D eigenvalue weighted by molar-refractivity contribution is 7.26. The quantitative estimate of drug-likeness (QED) is 0.158. The number of nitrogens with zero attached hydrogens (tertiary/aromatic N) is 3. The summed E-state index contributed by atoms with van der Waals surface area (Å²) >= 11 is 1.75. The number of aromatic nitrogens is 2. The van der Waals surface area contributed by atoms with Crippen LogP contribution in [0, 0.1) is 0 Å². The molecule has 59 heavy (non-hydrogen) atoms. The van der Waals surface area contributed by atoms with Gasteiger partial charge in [0.25, 0.3) is 0 Å². The van der Waals surface area contributed by atoms with Gasteiger partial charge >= 0.3 is 0 Å². The molecule has 0 bridgehead atoms. The number of hydrogen-bond acceptors (Lipinski definition) is 5. The van der Waals surface area contributed by atoms with Crippen LogP contribution in [0.5, 0.6) is 0 Å². The van der Waals surface area contributed by atoms with E-state index in [2.05, 4.69) is 187 Å². The Morgan fingerprint density at radius 3 is 1.95 bits per heavy atom. The number of benzene rings is 9. The summed E-state index contributed by atoms with van der Waals surface area (Å²) in [4.78, 5) is 12.9. The second-order valence-electron chi connectivity index (χ2n) is 14.9. The molecule has 5 heteroatoms. The molecular formula is C54H33N3OS. The van der Waals surface area contributed by atoms with Crippen LogP contribution in [0.1, 0.15) is 0 Å². The van der Waals surface area contributed by atoms with Crippen molar-refractivity contribution >= 4 is 92.2 Å². The predicted molar refractivity (Wildman–Crippen MR) is 248 cm³/mol. The van der Waals surface area contributed by atoms with Gasteiger partial charge in [0.05, 0.1) is 21.6 Å². The number of rotatable bonds is 6. The van der Waals surface area contributed by atoms with Gasteiger partial charge in [0.15, 0.2) is 5.82 Å². The second-order valence-corrected chi connectivity index (χ2v) is 16.0. The summed E-state index contributed by atoms with van der Waals surface area (Å²) in [7, 11) is 0. The van der Waals surface area contributed by atoms with Crippen molar-refractivity contribution in [1.29, 1.82) is 0 Å². The number of para-hydroxylation sites is 1. The van der Waals surface area contributed by atoms with Crippen LogP contribution in [0.25, 0.3) is 97.6 Å². The Hall–Kier alpha value is -7.60. The maximum atomic E-state index is 6.63. The van der Waals surface area contributed by atoms with E-state index in [-0.39, 0.29) is 0 Å². The van der Waals surface area contributed by atoms with Crippen LogP contribution in [0.2, 0.25) is 0 Å². The second kappa shape index (κ2) is 13.5. The van der Waals surface area contributed by atoms with Gasteiger partial charge in [-0.3, -0.25) is 0 Å². The van der Waals surface area contributed by atoms with Crippen LogP contribution in [0.3, 0.4) is 0 Å². The first-order chi connectivity index (χ1) is 29.2. The fourth-order valence-corrected chi connectivity index (χ4v) is 9.88. The van der Waals surface area contributed by atoms with Crippen LogP contribution in [-0.4, -0.2) is 9.97 Å². The van der Waals surface area contributed by atoms with E-state index in [4.69, 9.17) is 14.4 Å². The van der Waals surface area contributed by atoms with Crippen LogP contribution in [0.15, 0.2) is 205 Å². The van der Waals surface area contributed by atoms with Crippen LogP contribution < -0.4 is 4.90 Å². The average Bonchev–Trinajstić information content (AvgIpc) is 3.88. The van der Waals surface area contributed by atoms with Crippen molar-refractivity contribution in [3.63, 3.8) is 0 Å². The fraction of sp³-hybridized carbons (Fsp3) is 0. The molecule has 0 fully saturated rings. The Morgan fingerprint density at radius 2 is 1.12 bits per heavy atom. The zero-order valence-electron chi connectivity index (χ0n) is 31.7. The van der Waals surface area contributed by atoms with E-state index in [0.29, 0.717) is 5.82 Å². The monoisotopic (exact) mass is 771 g/mol. The van der Waals surface area contributed by atoms with Crippen molar-refractivity contribution in [2.45, 2.75) is 0 Å². The first-order valence-corrected chi connectivity index (χ1v) is 20.6. The van der Waals surface area contributed by atoms with E-state index in [1.165, 1.54) is 26.2 Å². The fourth-order valence-electron chi connectivity index (χ4n) is 8.72. The summed E-state index contributed by atoms with van der Waals surface area (Å²) in [6.07, 6.45) is 0. The predicted octanol–water partition coefficient (Wildman–Crippen LogP) is 15.5. The van der Waals surface area contributed by atoms with Gasteiger partial charge in [-0.2, -0.15) is 0 Å². The Labute approximate surface area is 343 Å². The molecule has 4 nitrogen and oxygen atoms in total. The third-order valence-electron chi connectivity index (χ3n) is 11.5. The average molecular weight is 772 g/mol. The number of fused-ring (bicyclic) bond motifs is 9. The molecule has 12 rings (SSSR count). The zero-order valence-corrected chi connectivity index (χ0v) is 32.5. The number of thiophene rings is 1. The molecule has 0 N–H and O–H groups in total. The first kappa shape index (κ1) is 33.5. The lowest BCUT2D eigenvalue weighted by Gasteiger charge is -2.27. The maximum absolute atomic E-state index is 6.63. The summed E-state index contributed by atoms with van der Waals surface area (Å²) in [5.74, 6) is 0.690. The highest BCUT2D eigenvalue weighted by atomic mass is 32.1. The van der Waals surface area contributed by atoms with Gasteiger partial charge in [0.1, 0.15) is 11.2 Å². The highest BCUT2D eigenvalue weighted by Gasteiger charge is 2.21. The SMILES string of the molecule is c1ccc(-c2nc(-c3cccc4oc5cc(-c6ccc(N(c7ccccc7)c7cc8ccccc8c8ccccc78)cc6)ccc5c34)nc3c2sc2ccccc23)cc1. The number of anilines is 3. The van der Waals surface area contributed by atoms with Crippen molar-refractivity contribution in [3.8, 4) is 33.8 Å². The van der Waals surface area contributed by atoms with Gasteiger partial charge in [-0.25, -0.2) is 9.97 Å². The molecular weight excluding hydrogens is 739 g/mol. The van der Waals surface area contributed by atoms with E-state index in [1.807, 2.05) is 18.2 Å². The van der Waals surface area contributed by atoms with Crippen LogP contribution in [0.4, 0.5) is 17.1 Å². The molecule has 0 spiro atoms. The molecule has 0 saturated carbocycles. The van der Waals surface area contributed by atoms with E-state index >= 15 is 0 Å². The standard InChI is InChI=1S/C54H33N3OS/c1-3-14-35(15-4-1)51-53-52(44-22-11-12-25-49(44)59-53)56-54(55-51)45-23-13-24-47-50(45)43-31-28-36(33-48(43)58-47)34-26-29-39(30-27-34)57(38-17-5-2-6-18-38)46-32-37-16-7-8-19-40(37)41-20-9-10-21-42(41)46/h1-33H. The minimum atomic E-state index is 0.690. The summed E-state index contributed by atoms with van der Waals surface area (Å²) in [5.41, 5.74) is 11.1. The molecule has 0 aliphatic rings. The van der Waals surface area contributed by atoms with Crippen molar-refractivity contribution in [1.82, 2.24) is 9.97 Å². The lowest BCUT2D eigenvalue weighted by Crippen LogP contribution is -2.10. The molecule has 0 unspecified atom stereocenters. The van der Waals surface area contributed by atoms with Gasteiger partial charge in [-0.1, -0.05) is 146 Å². The lowest BCUT2D eigenvalue weighted by molar-refractivity contribution is 0.669. The van der Waals surface area contributed by atoms with E-state index in [0.717, 1.165) is 82.6 Å². The molecule has 3 aromatic heterocycles. The summed E-state index contributed by atoms with van der Waals surface area (Å²) in [6.45, 7) is 0.